The van der Waals surface area contributed by atoms with Crippen LogP contribution in [0.3, 0.4) is 0 Å². The maximum Gasteiger partial charge on any atom is 0.264 e. The van der Waals surface area contributed by atoms with Gasteiger partial charge in [0.1, 0.15) is 5.65 Å². The minimum absolute atomic E-state index is 0.0220. The second-order valence-electron chi connectivity index (χ2n) is 7.88. The Labute approximate surface area is 177 Å². The van der Waals surface area contributed by atoms with Crippen LogP contribution in [0.4, 0.5) is 0 Å². The third kappa shape index (κ3) is 1.76. The zero-order chi connectivity index (χ0) is 20.3. The van der Waals surface area contributed by atoms with E-state index in [1.54, 1.807) is 15.7 Å². The van der Waals surface area contributed by atoms with E-state index in [0.29, 0.717) is 5.65 Å². The van der Waals surface area contributed by atoms with Crippen molar-refractivity contribution in [3.8, 4) is 0 Å². The molecule has 0 bridgehead atoms. The van der Waals surface area contributed by atoms with Crippen LogP contribution >= 0.6 is 11.3 Å². The molecule has 0 saturated carbocycles. The van der Waals surface area contributed by atoms with Gasteiger partial charge in [0.05, 0.1) is 27.6 Å². The van der Waals surface area contributed by atoms with E-state index < -0.39 is 0 Å². The van der Waals surface area contributed by atoms with Crippen LogP contribution in [0.25, 0.3) is 64.4 Å². The van der Waals surface area contributed by atoms with Crippen LogP contribution in [0.1, 0.15) is 0 Å². The van der Waals surface area contributed by atoms with Crippen molar-refractivity contribution in [3.05, 3.63) is 83.2 Å². The van der Waals surface area contributed by atoms with E-state index in [4.69, 9.17) is 9.97 Å². The largest absolute Gasteiger partial charge is 0.284 e. The van der Waals surface area contributed by atoms with E-state index in [-0.39, 0.29) is 5.56 Å². The zero-order valence-corrected chi connectivity index (χ0v) is 16.9. The summed E-state index contributed by atoms with van der Waals surface area (Å²) in [5.41, 5.74) is 5.49. The highest BCUT2D eigenvalue weighted by atomic mass is 32.1. The Morgan fingerprint density at radius 3 is 2.19 bits per heavy atom. The molecule has 0 N–H and O–H groups in total. The predicted octanol–water partition coefficient (Wildman–Crippen LogP) is 5.61. The predicted molar refractivity (Wildman–Crippen MR) is 127 cm³/mol. The molecule has 8 aromatic rings. The summed E-state index contributed by atoms with van der Waals surface area (Å²) >= 11 is 1.65. The molecule has 4 heterocycles. The van der Waals surface area contributed by atoms with Crippen LogP contribution in [0.15, 0.2) is 77.6 Å². The van der Waals surface area contributed by atoms with Gasteiger partial charge in [0.2, 0.25) is 0 Å². The van der Waals surface area contributed by atoms with Crippen molar-refractivity contribution in [2.24, 2.45) is 0 Å². The summed E-state index contributed by atoms with van der Waals surface area (Å²) in [6, 6.07) is 24.2. The van der Waals surface area contributed by atoms with Gasteiger partial charge in [-0.2, -0.15) is 0 Å². The lowest BCUT2D eigenvalue weighted by Crippen LogP contribution is -2.13. The first-order valence-electron chi connectivity index (χ1n) is 10.1. The van der Waals surface area contributed by atoms with Gasteiger partial charge < -0.3 is 0 Å². The summed E-state index contributed by atoms with van der Waals surface area (Å²) in [7, 11) is 0. The number of nitrogens with zero attached hydrogens (tertiary/aromatic N) is 4. The number of benzene rings is 4. The highest BCUT2D eigenvalue weighted by Gasteiger charge is 2.20. The molecule has 4 aromatic carbocycles. The van der Waals surface area contributed by atoms with E-state index in [1.165, 1.54) is 0 Å². The Morgan fingerprint density at radius 2 is 1.35 bits per heavy atom. The van der Waals surface area contributed by atoms with Gasteiger partial charge in [0, 0.05) is 26.2 Å². The topological polar surface area (TPSA) is 51.7 Å². The second-order valence-corrected chi connectivity index (χ2v) is 8.89. The van der Waals surface area contributed by atoms with Gasteiger partial charge in [-0.15, -0.1) is 0 Å². The van der Waals surface area contributed by atoms with Crippen molar-refractivity contribution >= 4 is 75.8 Å². The van der Waals surface area contributed by atoms with Gasteiger partial charge in [-0.3, -0.25) is 13.6 Å². The van der Waals surface area contributed by atoms with Crippen LogP contribution in [0.5, 0.6) is 0 Å². The quantitative estimate of drug-likeness (QED) is 0.302. The van der Waals surface area contributed by atoms with E-state index >= 15 is 0 Å². The molecule has 0 fully saturated rings. The van der Waals surface area contributed by atoms with Crippen LogP contribution in [-0.4, -0.2) is 18.8 Å². The smallest absolute Gasteiger partial charge is 0.264 e. The number of rotatable bonds is 0. The van der Waals surface area contributed by atoms with E-state index in [1.807, 2.05) is 48.5 Å². The van der Waals surface area contributed by atoms with E-state index in [9.17, 15) is 4.79 Å². The molecule has 0 radical (unpaired) electrons. The maximum absolute atomic E-state index is 13.6. The Bertz CT molecular complexity index is 2080. The fraction of sp³-hybridized carbons (Fsp3) is 0. The van der Waals surface area contributed by atoms with Gasteiger partial charge in [-0.25, -0.2) is 9.97 Å². The van der Waals surface area contributed by atoms with E-state index in [0.717, 1.165) is 58.8 Å². The Hall–Kier alpha value is -4.03. The van der Waals surface area contributed by atoms with Crippen molar-refractivity contribution in [2.45, 2.75) is 0 Å². The van der Waals surface area contributed by atoms with Crippen molar-refractivity contribution in [2.75, 3.05) is 0 Å². The van der Waals surface area contributed by atoms with Crippen LogP contribution in [-0.2, 0) is 0 Å². The molecule has 144 valence electrons. The van der Waals surface area contributed by atoms with Crippen LogP contribution in [0, 0.1) is 0 Å². The number of pyridine rings is 1. The van der Waals surface area contributed by atoms with Gasteiger partial charge in [-0.05, 0) is 48.5 Å². The van der Waals surface area contributed by atoms with Crippen molar-refractivity contribution in [3.63, 3.8) is 0 Å². The first kappa shape index (κ1) is 15.8. The maximum atomic E-state index is 13.6. The number of imidazole rings is 2. The average molecular weight is 416 g/mol. The summed E-state index contributed by atoms with van der Waals surface area (Å²) in [4.78, 5) is 24.2. The summed E-state index contributed by atoms with van der Waals surface area (Å²) in [6.07, 6.45) is 0. The van der Waals surface area contributed by atoms with Gasteiger partial charge >= 0.3 is 0 Å². The minimum Gasteiger partial charge on any atom is -0.284 e. The molecule has 0 aliphatic carbocycles. The summed E-state index contributed by atoms with van der Waals surface area (Å²) in [6.45, 7) is 0. The zero-order valence-electron chi connectivity index (χ0n) is 16.0. The van der Waals surface area contributed by atoms with Gasteiger partial charge in [0.25, 0.3) is 5.56 Å². The van der Waals surface area contributed by atoms with Crippen molar-refractivity contribution in [1.29, 1.82) is 0 Å². The van der Waals surface area contributed by atoms with Gasteiger partial charge in [0.15, 0.2) is 4.96 Å². The lowest BCUT2D eigenvalue weighted by atomic mass is 10.0. The molecule has 5 nitrogen and oxygen atoms in total. The Kier molecular flexibility index (Phi) is 2.63. The van der Waals surface area contributed by atoms with Crippen molar-refractivity contribution < 1.29 is 0 Å². The highest BCUT2D eigenvalue weighted by molar-refractivity contribution is 7.23. The highest BCUT2D eigenvalue weighted by Crippen LogP contribution is 2.39. The molecule has 0 amide bonds. The number of aromatic nitrogens is 4. The molecule has 6 heteroatoms. The number of hydrogen-bond donors (Lipinski definition) is 0. The molecule has 0 aliphatic heterocycles. The number of para-hydroxylation sites is 4. The monoisotopic (exact) mass is 416 g/mol. The standard InChI is InChI=1S/C25H12N4OS/c30-24-14-9-11-19-22-20(31-25-27-16-6-2-3-7-17(16)28(19)25)12-10-13(21(14)22)23-26-15-5-1-4-8-18(15)29(23)24/h1-12H. The first-order valence-corrected chi connectivity index (χ1v) is 10.9. The Morgan fingerprint density at radius 1 is 0.645 bits per heavy atom. The van der Waals surface area contributed by atoms with Crippen molar-refractivity contribution in [1.82, 2.24) is 18.8 Å². The van der Waals surface area contributed by atoms with E-state index in [2.05, 4.69) is 28.7 Å². The fourth-order valence-corrected chi connectivity index (χ4v) is 6.09. The molecular formula is C25H12N4OS. The third-order valence-electron chi connectivity index (χ3n) is 6.31. The number of fused-ring (bicyclic) bond motifs is 8. The molecule has 31 heavy (non-hydrogen) atoms. The summed E-state index contributed by atoms with van der Waals surface area (Å²) in [5.74, 6) is 0. The van der Waals surface area contributed by atoms with Gasteiger partial charge in [-0.1, -0.05) is 35.6 Å². The van der Waals surface area contributed by atoms with Crippen LogP contribution < -0.4 is 5.56 Å². The molecule has 4 aromatic heterocycles. The summed E-state index contributed by atoms with van der Waals surface area (Å²) in [5, 5.41) is 3.81. The average Bonchev–Trinajstić information content (AvgIpc) is 3.37. The molecule has 0 atom stereocenters. The fourth-order valence-electron chi connectivity index (χ4n) is 5.02. The molecular weight excluding hydrogens is 404 g/mol. The SMILES string of the molecule is O=c1c2ccc3c4c(ccc(c24)c2nc4ccccc4n12)sc1nc2ccccc2n13. The molecule has 0 unspecified atom stereocenters. The second kappa shape index (κ2) is 5.17. The molecule has 8 rings (SSSR count). The molecule has 0 saturated heterocycles. The third-order valence-corrected chi connectivity index (χ3v) is 7.32. The Balaban J connectivity index is 1.72. The number of hydrogen-bond acceptors (Lipinski definition) is 4. The normalized spacial score (nSPS) is 12.6. The first-order chi connectivity index (χ1) is 15.3. The summed E-state index contributed by atoms with van der Waals surface area (Å²) < 4.78 is 5.08. The lowest BCUT2D eigenvalue weighted by Gasteiger charge is -2.12. The van der Waals surface area contributed by atoms with Crippen LogP contribution in [0.2, 0.25) is 0 Å². The molecule has 0 aliphatic rings. The minimum atomic E-state index is -0.0220. The molecule has 0 spiro atoms. The lowest BCUT2D eigenvalue weighted by molar-refractivity contribution is 1.19.